The maximum atomic E-state index is 10.6. The lowest BCUT2D eigenvalue weighted by atomic mass is 10.0. The molecular weight excluding hydrogens is 350 g/mol. The van der Waals surface area contributed by atoms with Crippen LogP contribution in [0.15, 0.2) is 73.2 Å². The van der Waals surface area contributed by atoms with Crippen LogP contribution in [0.4, 0.5) is 5.82 Å². The van der Waals surface area contributed by atoms with Crippen LogP contribution in [0.5, 0.6) is 11.5 Å². The molecule has 1 aliphatic rings. The van der Waals surface area contributed by atoms with E-state index in [0.717, 1.165) is 33.3 Å². The zero-order chi connectivity index (χ0) is 18.9. The van der Waals surface area contributed by atoms with Gasteiger partial charge in [0.2, 0.25) is 0 Å². The smallest absolute Gasteiger partial charge is 0.166 e. The Labute approximate surface area is 162 Å². The van der Waals surface area contributed by atoms with Gasteiger partial charge in [-0.3, -0.25) is 4.98 Å². The minimum absolute atomic E-state index is 0.157. The molecule has 0 radical (unpaired) electrons. The number of fused-ring (bicyclic) bond motifs is 2. The van der Waals surface area contributed by atoms with Gasteiger partial charge in [0.1, 0.15) is 12.4 Å². The van der Waals surface area contributed by atoms with Crippen LogP contribution < -0.4 is 9.64 Å². The summed E-state index contributed by atoms with van der Waals surface area (Å²) in [7, 11) is 0. The molecular formula is C23H19N3O2. The summed E-state index contributed by atoms with van der Waals surface area (Å²) in [6, 6.07) is 17.9. The van der Waals surface area contributed by atoms with Crippen molar-refractivity contribution in [2.75, 3.05) is 18.1 Å². The Kier molecular flexibility index (Phi) is 4.05. The number of rotatable bonds is 2. The molecule has 0 unspecified atom stereocenters. The van der Waals surface area contributed by atoms with Gasteiger partial charge in [0, 0.05) is 41.6 Å². The Morgan fingerprint density at radius 1 is 0.964 bits per heavy atom. The standard InChI is InChI=1S/C23H19N3O2/c27-21-13-18(17-5-3-8-24-14-17)12-19-15-26(10-11-28-22(19)21)23-20-6-2-1-4-16(20)7-9-25-23/h1-9,12-14,27H,10-11,15H2. The Morgan fingerprint density at radius 2 is 1.89 bits per heavy atom. The van der Waals surface area contributed by atoms with E-state index in [2.05, 4.69) is 33.1 Å². The van der Waals surface area contributed by atoms with Gasteiger partial charge in [-0.2, -0.15) is 0 Å². The van der Waals surface area contributed by atoms with Crippen LogP contribution in [-0.2, 0) is 6.54 Å². The van der Waals surface area contributed by atoms with E-state index in [-0.39, 0.29) is 5.75 Å². The van der Waals surface area contributed by atoms with Crippen LogP contribution in [0.1, 0.15) is 5.56 Å². The summed E-state index contributed by atoms with van der Waals surface area (Å²) in [4.78, 5) is 11.0. The number of hydrogen-bond acceptors (Lipinski definition) is 5. The number of aromatic nitrogens is 2. The number of ether oxygens (including phenoxy) is 1. The van der Waals surface area contributed by atoms with Crippen molar-refractivity contribution >= 4 is 16.6 Å². The first-order chi connectivity index (χ1) is 13.8. The van der Waals surface area contributed by atoms with E-state index in [4.69, 9.17) is 4.74 Å². The molecule has 0 saturated heterocycles. The Balaban J connectivity index is 1.59. The van der Waals surface area contributed by atoms with Crippen LogP contribution in [0.25, 0.3) is 21.9 Å². The molecule has 0 fully saturated rings. The monoisotopic (exact) mass is 369 g/mol. The molecule has 0 amide bonds. The summed E-state index contributed by atoms with van der Waals surface area (Å²) in [6.45, 7) is 1.78. The molecule has 3 heterocycles. The minimum Gasteiger partial charge on any atom is -0.504 e. The van der Waals surface area contributed by atoms with Gasteiger partial charge in [-0.1, -0.05) is 30.3 Å². The molecule has 0 spiro atoms. The molecule has 0 aliphatic carbocycles. The summed E-state index contributed by atoms with van der Waals surface area (Å²) >= 11 is 0. The summed E-state index contributed by atoms with van der Waals surface area (Å²) in [5, 5.41) is 12.8. The van der Waals surface area contributed by atoms with Crippen LogP contribution in [0, 0.1) is 0 Å². The number of phenols is 1. The lowest BCUT2D eigenvalue weighted by molar-refractivity contribution is 0.312. The predicted octanol–water partition coefficient (Wildman–Crippen LogP) is 4.40. The van der Waals surface area contributed by atoms with Crippen LogP contribution in [0.3, 0.4) is 0 Å². The predicted molar refractivity (Wildman–Crippen MR) is 110 cm³/mol. The summed E-state index contributed by atoms with van der Waals surface area (Å²) in [5.41, 5.74) is 2.81. The molecule has 0 bridgehead atoms. The number of aromatic hydroxyl groups is 1. The molecule has 5 rings (SSSR count). The van der Waals surface area contributed by atoms with Gasteiger partial charge in [0.25, 0.3) is 0 Å². The molecule has 1 aliphatic heterocycles. The van der Waals surface area contributed by atoms with Crippen LogP contribution in [-0.4, -0.2) is 28.2 Å². The van der Waals surface area contributed by atoms with Crippen molar-refractivity contribution in [1.29, 1.82) is 0 Å². The molecule has 0 atom stereocenters. The molecule has 1 N–H and O–H groups in total. The minimum atomic E-state index is 0.157. The number of benzene rings is 2. The van der Waals surface area contributed by atoms with Crippen molar-refractivity contribution in [3.05, 3.63) is 78.8 Å². The van der Waals surface area contributed by atoms with Gasteiger partial charge in [-0.05, 0) is 35.2 Å². The maximum absolute atomic E-state index is 10.6. The lowest BCUT2D eigenvalue weighted by Crippen LogP contribution is -2.26. The summed E-state index contributed by atoms with van der Waals surface area (Å²) in [6.07, 6.45) is 5.38. The highest BCUT2D eigenvalue weighted by atomic mass is 16.5. The fourth-order valence-electron chi connectivity index (χ4n) is 3.74. The van der Waals surface area contributed by atoms with Crippen molar-refractivity contribution in [3.8, 4) is 22.6 Å². The van der Waals surface area contributed by atoms with E-state index in [1.165, 1.54) is 0 Å². The van der Waals surface area contributed by atoms with E-state index < -0.39 is 0 Å². The highest BCUT2D eigenvalue weighted by Gasteiger charge is 2.21. The molecule has 28 heavy (non-hydrogen) atoms. The number of nitrogens with zero attached hydrogens (tertiary/aromatic N) is 3. The van der Waals surface area contributed by atoms with Crippen LogP contribution in [0.2, 0.25) is 0 Å². The first-order valence-electron chi connectivity index (χ1n) is 9.27. The molecule has 138 valence electrons. The van der Waals surface area contributed by atoms with E-state index in [1.54, 1.807) is 18.5 Å². The van der Waals surface area contributed by atoms with Gasteiger partial charge in [-0.15, -0.1) is 0 Å². The Hall–Kier alpha value is -3.60. The summed E-state index contributed by atoms with van der Waals surface area (Å²) in [5.74, 6) is 1.64. The fraction of sp³-hybridized carbons (Fsp3) is 0.130. The third kappa shape index (κ3) is 2.91. The second kappa shape index (κ2) is 6.85. The van der Waals surface area contributed by atoms with E-state index in [9.17, 15) is 5.11 Å². The van der Waals surface area contributed by atoms with Gasteiger partial charge in [0.15, 0.2) is 11.5 Å². The van der Waals surface area contributed by atoms with Gasteiger partial charge in [0.05, 0.1) is 6.54 Å². The van der Waals surface area contributed by atoms with E-state index in [1.807, 2.05) is 36.5 Å². The topological polar surface area (TPSA) is 58.5 Å². The first-order valence-corrected chi connectivity index (χ1v) is 9.27. The average molecular weight is 369 g/mol. The second-order valence-corrected chi connectivity index (χ2v) is 6.85. The maximum Gasteiger partial charge on any atom is 0.166 e. The number of hydrogen-bond donors (Lipinski definition) is 1. The molecule has 2 aromatic heterocycles. The molecule has 5 nitrogen and oxygen atoms in total. The third-order valence-corrected chi connectivity index (χ3v) is 5.06. The normalized spacial score (nSPS) is 13.6. The lowest BCUT2D eigenvalue weighted by Gasteiger charge is -2.22. The Morgan fingerprint density at radius 3 is 2.79 bits per heavy atom. The van der Waals surface area contributed by atoms with Crippen molar-refractivity contribution in [1.82, 2.24) is 9.97 Å². The van der Waals surface area contributed by atoms with Crippen molar-refractivity contribution < 1.29 is 9.84 Å². The summed E-state index contributed by atoms with van der Waals surface area (Å²) < 4.78 is 5.90. The average Bonchev–Trinajstić information content (AvgIpc) is 2.97. The highest BCUT2D eigenvalue weighted by molar-refractivity contribution is 5.92. The SMILES string of the molecule is Oc1cc(-c2cccnc2)cc2c1OCCN(c1nccc3ccccc13)C2. The largest absolute Gasteiger partial charge is 0.504 e. The van der Waals surface area contributed by atoms with E-state index >= 15 is 0 Å². The molecule has 5 heteroatoms. The Bertz CT molecular complexity index is 1140. The third-order valence-electron chi connectivity index (χ3n) is 5.06. The molecule has 0 saturated carbocycles. The van der Waals surface area contributed by atoms with E-state index in [0.29, 0.717) is 25.4 Å². The van der Waals surface area contributed by atoms with Gasteiger partial charge < -0.3 is 14.7 Å². The molecule has 2 aromatic carbocycles. The number of phenolic OH excluding ortho intramolecular Hbond substituents is 1. The van der Waals surface area contributed by atoms with Gasteiger partial charge >= 0.3 is 0 Å². The zero-order valence-corrected chi connectivity index (χ0v) is 15.2. The molecule has 4 aromatic rings. The number of pyridine rings is 2. The van der Waals surface area contributed by atoms with Crippen molar-refractivity contribution in [2.45, 2.75) is 6.54 Å². The first kappa shape index (κ1) is 16.6. The number of anilines is 1. The van der Waals surface area contributed by atoms with Crippen molar-refractivity contribution in [2.24, 2.45) is 0 Å². The van der Waals surface area contributed by atoms with Crippen LogP contribution >= 0.6 is 0 Å². The highest BCUT2D eigenvalue weighted by Crippen LogP contribution is 2.38. The fourth-order valence-corrected chi connectivity index (χ4v) is 3.74. The second-order valence-electron chi connectivity index (χ2n) is 6.85. The van der Waals surface area contributed by atoms with Crippen molar-refractivity contribution in [3.63, 3.8) is 0 Å². The van der Waals surface area contributed by atoms with Gasteiger partial charge in [-0.25, -0.2) is 4.98 Å². The quantitative estimate of drug-likeness (QED) is 0.567. The zero-order valence-electron chi connectivity index (χ0n) is 15.2.